The fraction of sp³-hybridized carbons (Fsp3) is 0.455. The molecule has 2 aromatic heterocycles. The van der Waals surface area contributed by atoms with E-state index in [2.05, 4.69) is 15.5 Å². The lowest BCUT2D eigenvalue weighted by Crippen LogP contribution is -2.15. The van der Waals surface area contributed by atoms with Crippen LogP contribution in [0.5, 0.6) is 0 Å². The van der Waals surface area contributed by atoms with Gasteiger partial charge in [-0.3, -0.25) is 0 Å². The van der Waals surface area contributed by atoms with Crippen molar-refractivity contribution >= 4 is 0 Å². The molecule has 17 heavy (non-hydrogen) atoms. The summed E-state index contributed by atoms with van der Waals surface area (Å²) in [5.74, 6) is 1.79. The van der Waals surface area contributed by atoms with Gasteiger partial charge in [-0.05, 0) is 19.4 Å². The van der Waals surface area contributed by atoms with Gasteiger partial charge in [0.2, 0.25) is 11.7 Å². The number of aliphatic hydroxyl groups is 1. The molecule has 0 saturated carbocycles. The minimum atomic E-state index is -0.342. The second kappa shape index (κ2) is 3.97. The predicted molar refractivity (Wildman–Crippen MR) is 58.1 cm³/mol. The van der Waals surface area contributed by atoms with Crippen LogP contribution in [0.4, 0.5) is 0 Å². The summed E-state index contributed by atoms with van der Waals surface area (Å²) < 4.78 is 10.4. The highest BCUT2D eigenvalue weighted by Gasteiger charge is 2.28. The lowest BCUT2D eigenvalue weighted by Gasteiger charge is -2.01. The monoisotopic (exact) mass is 235 g/mol. The van der Waals surface area contributed by atoms with Crippen molar-refractivity contribution in [1.29, 1.82) is 0 Å². The van der Waals surface area contributed by atoms with E-state index in [1.807, 2.05) is 6.92 Å². The van der Waals surface area contributed by atoms with Gasteiger partial charge in [-0.15, -0.1) is 0 Å². The van der Waals surface area contributed by atoms with E-state index in [1.165, 1.54) is 0 Å². The number of aryl methyl sites for hydroxylation is 1. The van der Waals surface area contributed by atoms with Crippen molar-refractivity contribution in [3.8, 4) is 11.4 Å². The molecule has 1 saturated heterocycles. The fourth-order valence-electron chi connectivity index (χ4n) is 2.01. The van der Waals surface area contributed by atoms with Gasteiger partial charge in [-0.1, -0.05) is 5.16 Å². The van der Waals surface area contributed by atoms with Gasteiger partial charge in [0, 0.05) is 6.54 Å². The normalized spacial score (nSPS) is 24.4. The number of nitrogens with one attached hydrogen (secondary N) is 1. The Morgan fingerprint density at radius 3 is 3.06 bits per heavy atom. The average molecular weight is 235 g/mol. The van der Waals surface area contributed by atoms with Crippen LogP contribution in [0.3, 0.4) is 0 Å². The van der Waals surface area contributed by atoms with Crippen molar-refractivity contribution in [2.24, 2.45) is 0 Å². The molecule has 0 aromatic carbocycles. The number of hydrogen-bond acceptors (Lipinski definition) is 6. The largest absolute Gasteiger partial charge is 0.469 e. The average Bonchev–Trinajstić information content (AvgIpc) is 2.97. The number of hydrogen-bond donors (Lipinski definition) is 2. The molecule has 2 aromatic rings. The Morgan fingerprint density at radius 1 is 1.53 bits per heavy atom. The Morgan fingerprint density at radius 2 is 2.41 bits per heavy atom. The zero-order valence-electron chi connectivity index (χ0n) is 9.38. The van der Waals surface area contributed by atoms with Gasteiger partial charge < -0.3 is 19.4 Å². The maximum absolute atomic E-state index is 9.43. The first kappa shape index (κ1) is 10.5. The first-order valence-corrected chi connectivity index (χ1v) is 5.53. The summed E-state index contributed by atoms with van der Waals surface area (Å²) in [6.45, 7) is 2.41. The standard InChI is InChI=1S/C11H13N3O3/c1-6-8(2-3-16-6)10-13-11(17-14-10)9-4-7(15)5-12-9/h2-3,7,9,12,15H,4-5H2,1H3/t7?,9-/m0/s1. The Bertz CT molecular complexity index is 520. The van der Waals surface area contributed by atoms with Crippen molar-refractivity contribution in [3.05, 3.63) is 24.0 Å². The van der Waals surface area contributed by atoms with Crippen molar-refractivity contribution in [1.82, 2.24) is 15.5 Å². The molecule has 0 radical (unpaired) electrons. The van der Waals surface area contributed by atoms with Gasteiger partial charge in [-0.2, -0.15) is 4.98 Å². The Kier molecular flexibility index (Phi) is 2.45. The molecule has 3 rings (SSSR count). The summed E-state index contributed by atoms with van der Waals surface area (Å²) >= 11 is 0. The van der Waals surface area contributed by atoms with Crippen LogP contribution in [-0.4, -0.2) is 27.9 Å². The van der Waals surface area contributed by atoms with E-state index >= 15 is 0 Å². The van der Waals surface area contributed by atoms with E-state index in [0.717, 1.165) is 11.3 Å². The number of nitrogens with zero attached hydrogens (tertiary/aromatic N) is 2. The number of β-amino-alcohol motifs (C(OH)–C–C–N with tert-alkyl or cyclic N) is 1. The number of aromatic nitrogens is 2. The zero-order chi connectivity index (χ0) is 11.8. The minimum absolute atomic E-state index is 0.0570. The van der Waals surface area contributed by atoms with Crippen LogP contribution >= 0.6 is 0 Å². The summed E-state index contributed by atoms with van der Waals surface area (Å²) in [5.41, 5.74) is 0.832. The molecule has 90 valence electrons. The molecule has 0 bridgehead atoms. The zero-order valence-corrected chi connectivity index (χ0v) is 9.38. The second-order valence-corrected chi connectivity index (χ2v) is 4.20. The lowest BCUT2D eigenvalue weighted by molar-refractivity contribution is 0.191. The minimum Gasteiger partial charge on any atom is -0.469 e. The molecule has 1 unspecified atom stereocenters. The van der Waals surface area contributed by atoms with Crippen LogP contribution in [0.25, 0.3) is 11.4 Å². The van der Waals surface area contributed by atoms with Crippen LogP contribution in [0.1, 0.15) is 24.1 Å². The predicted octanol–water partition coefficient (Wildman–Crippen LogP) is 1.03. The third-order valence-electron chi connectivity index (χ3n) is 2.95. The van der Waals surface area contributed by atoms with Gasteiger partial charge in [0.15, 0.2) is 0 Å². The first-order valence-electron chi connectivity index (χ1n) is 5.53. The third kappa shape index (κ3) is 1.85. The van der Waals surface area contributed by atoms with Crippen molar-refractivity contribution < 1.29 is 14.0 Å². The van der Waals surface area contributed by atoms with Gasteiger partial charge in [0.1, 0.15) is 5.76 Å². The molecule has 2 N–H and O–H groups in total. The van der Waals surface area contributed by atoms with E-state index in [9.17, 15) is 5.11 Å². The lowest BCUT2D eigenvalue weighted by atomic mass is 10.2. The van der Waals surface area contributed by atoms with Gasteiger partial charge in [-0.25, -0.2) is 0 Å². The fourth-order valence-corrected chi connectivity index (χ4v) is 2.01. The molecular formula is C11H13N3O3. The summed E-state index contributed by atoms with van der Waals surface area (Å²) in [6.07, 6.45) is 1.86. The molecule has 0 amide bonds. The SMILES string of the molecule is Cc1occc1-c1noc([C@@H]2CC(O)CN2)n1. The Balaban J connectivity index is 1.86. The van der Waals surface area contributed by atoms with E-state index in [-0.39, 0.29) is 12.1 Å². The highest BCUT2D eigenvalue weighted by atomic mass is 16.5. The van der Waals surface area contributed by atoms with Gasteiger partial charge in [0.05, 0.1) is 24.0 Å². The van der Waals surface area contributed by atoms with Crippen LogP contribution < -0.4 is 5.32 Å². The third-order valence-corrected chi connectivity index (χ3v) is 2.95. The number of furan rings is 1. The van der Waals surface area contributed by atoms with E-state index in [1.54, 1.807) is 12.3 Å². The van der Waals surface area contributed by atoms with E-state index in [4.69, 9.17) is 8.94 Å². The topological polar surface area (TPSA) is 84.3 Å². The van der Waals surface area contributed by atoms with Crippen LogP contribution in [-0.2, 0) is 0 Å². The molecule has 6 heteroatoms. The smallest absolute Gasteiger partial charge is 0.244 e. The maximum Gasteiger partial charge on any atom is 0.244 e. The van der Waals surface area contributed by atoms with Crippen LogP contribution in [0.2, 0.25) is 0 Å². The quantitative estimate of drug-likeness (QED) is 0.808. The molecule has 1 fully saturated rings. The number of rotatable bonds is 2. The van der Waals surface area contributed by atoms with Crippen LogP contribution in [0, 0.1) is 6.92 Å². The molecule has 2 atom stereocenters. The summed E-state index contributed by atoms with van der Waals surface area (Å²) in [5, 5.41) is 16.5. The molecule has 1 aliphatic heterocycles. The second-order valence-electron chi connectivity index (χ2n) is 4.20. The van der Waals surface area contributed by atoms with Crippen molar-refractivity contribution in [2.45, 2.75) is 25.5 Å². The van der Waals surface area contributed by atoms with E-state index < -0.39 is 0 Å². The van der Waals surface area contributed by atoms with Crippen molar-refractivity contribution in [2.75, 3.05) is 6.54 Å². The highest BCUT2D eigenvalue weighted by Crippen LogP contribution is 2.26. The molecule has 1 aliphatic rings. The van der Waals surface area contributed by atoms with Gasteiger partial charge >= 0.3 is 0 Å². The molecule has 3 heterocycles. The maximum atomic E-state index is 9.43. The molecule has 0 spiro atoms. The summed E-state index contributed by atoms with van der Waals surface area (Å²) in [6, 6.07) is 1.75. The molecule has 0 aliphatic carbocycles. The summed E-state index contributed by atoms with van der Waals surface area (Å²) in [7, 11) is 0. The van der Waals surface area contributed by atoms with Gasteiger partial charge in [0.25, 0.3) is 0 Å². The van der Waals surface area contributed by atoms with E-state index in [0.29, 0.717) is 24.7 Å². The summed E-state index contributed by atoms with van der Waals surface area (Å²) in [4.78, 5) is 4.32. The Hall–Kier alpha value is -1.66. The molecule has 6 nitrogen and oxygen atoms in total. The van der Waals surface area contributed by atoms with Crippen LogP contribution in [0.15, 0.2) is 21.3 Å². The first-order chi connectivity index (χ1) is 8.24. The molecular weight excluding hydrogens is 222 g/mol. The highest BCUT2D eigenvalue weighted by molar-refractivity contribution is 5.56. The van der Waals surface area contributed by atoms with Crippen molar-refractivity contribution in [3.63, 3.8) is 0 Å². The Labute approximate surface area is 97.6 Å². The number of aliphatic hydroxyl groups excluding tert-OH is 1.